The van der Waals surface area contributed by atoms with E-state index in [0.29, 0.717) is 13.0 Å². The van der Waals surface area contributed by atoms with E-state index in [0.717, 1.165) is 16.5 Å². The first-order valence-corrected chi connectivity index (χ1v) is 5.65. The quantitative estimate of drug-likeness (QED) is 0.585. The van der Waals surface area contributed by atoms with E-state index in [1.165, 1.54) is 6.92 Å². The van der Waals surface area contributed by atoms with Crippen molar-refractivity contribution in [1.29, 1.82) is 0 Å². The zero-order valence-corrected chi connectivity index (χ0v) is 9.99. The van der Waals surface area contributed by atoms with Crippen LogP contribution >= 0.6 is 0 Å². The van der Waals surface area contributed by atoms with Crippen molar-refractivity contribution in [3.63, 3.8) is 0 Å². The molecule has 0 aliphatic carbocycles. The molecule has 4 N–H and O–H groups in total. The van der Waals surface area contributed by atoms with Gasteiger partial charge in [0.05, 0.1) is 0 Å². The molecule has 0 saturated carbocycles. The Morgan fingerprint density at radius 3 is 3.00 bits per heavy atom. The highest BCUT2D eigenvalue weighted by Gasteiger charge is 2.07. The fourth-order valence-corrected chi connectivity index (χ4v) is 1.89. The van der Waals surface area contributed by atoms with Crippen LogP contribution < -0.4 is 10.5 Å². The van der Waals surface area contributed by atoms with Gasteiger partial charge in [-0.25, -0.2) is 5.21 Å². The van der Waals surface area contributed by atoms with Gasteiger partial charge in [0.1, 0.15) is 0 Å². The highest BCUT2D eigenvalue weighted by atomic mass is 16.8. The van der Waals surface area contributed by atoms with Gasteiger partial charge in [-0.05, 0) is 18.1 Å². The van der Waals surface area contributed by atoms with Gasteiger partial charge in [0.15, 0.2) is 5.69 Å². The van der Waals surface area contributed by atoms with Crippen molar-refractivity contribution in [2.75, 3.05) is 6.54 Å². The summed E-state index contributed by atoms with van der Waals surface area (Å²) in [6, 6.07) is 4.97. The molecule has 0 aliphatic rings. The topological polar surface area (TPSA) is 92.6 Å². The molecule has 1 unspecified atom stereocenters. The Labute approximate surface area is 104 Å². The van der Waals surface area contributed by atoms with E-state index in [2.05, 4.69) is 10.3 Å². The Balaban J connectivity index is 2.22. The first-order chi connectivity index (χ1) is 8.58. The summed E-state index contributed by atoms with van der Waals surface area (Å²) in [4.78, 5) is 13.9. The Bertz CT molecular complexity index is 563. The van der Waals surface area contributed by atoms with Crippen LogP contribution in [0, 0.1) is 5.21 Å². The molecule has 0 bridgehead atoms. The monoisotopic (exact) mass is 249 g/mol. The molecule has 18 heavy (non-hydrogen) atoms. The van der Waals surface area contributed by atoms with Gasteiger partial charge in [-0.3, -0.25) is 4.79 Å². The van der Waals surface area contributed by atoms with Crippen LogP contribution in [0.15, 0.2) is 24.4 Å². The molecule has 0 saturated heterocycles. The van der Waals surface area contributed by atoms with Crippen molar-refractivity contribution < 1.29 is 15.2 Å². The average Bonchev–Trinajstić information content (AvgIpc) is 2.71. The zero-order chi connectivity index (χ0) is 13.1. The normalized spacial score (nSPS) is 12.6. The number of quaternary nitrogens is 1. The number of benzene rings is 1. The lowest BCUT2D eigenvalue weighted by Crippen LogP contribution is -2.99. The minimum atomic E-state index is -0.939. The number of aromatic amines is 1. The average molecular weight is 249 g/mol. The molecule has 1 aromatic carbocycles. The predicted octanol–water partition coefficient (Wildman–Crippen LogP) is 0.250. The first kappa shape index (κ1) is 12.6. The highest BCUT2D eigenvalue weighted by Crippen LogP contribution is 2.20. The smallest absolute Gasteiger partial charge is 0.216 e. The summed E-state index contributed by atoms with van der Waals surface area (Å²) >= 11 is 0. The van der Waals surface area contributed by atoms with Crippen LogP contribution in [0.4, 0.5) is 5.69 Å². The lowest BCUT2D eigenvalue weighted by atomic mass is 10.1. The third-order valence-corrected chi connectivity index (χ3v) is 2.78. The van der Waals surface area contributed by atoms with Crippen LogP contribution in [0.3, 0.4) is 0 Å². The van der Waals surface area contributed by atoms with Crippen LogP contribution in [0.1, 0.15) is 12.5 Å². The fraction of sp³-hybridized carbons (Fsp3) is 0.250. The van der Waals surface area contributed by atoms with Gasteiger partial charge in [-0.15, -0.1) is 0 Å². The standard InChI is InChI=1S/C12H15N3O3/c1-8(16)13-5-4-9-7-14-12-3-2-10(15(17)18)6-11(9)12/h2-3,6-7,14-15,17H,4-5H2,1H3,(H,13,16). The van der Waals surface area contributed by atoms with Crippen LogP contribution in [0.25, 0.3) is 10.9 Å². The minimum absolute atomic E-state index is 0.0685. The number of fused-ring (bicyclic) bond motifs is 1. The van der Waals surface area contributed by atoms with E-state index in [-0.39, 0.29) is 11.6 Å². The molecule has 2 rings (SSSR count). The maximum Gasteiger partial charge on any atom is 0.216 e. The Hall–Kier alpha value is -1.89. The van der Waals surface area contributed by atoms with E-state index in [1.54, 1.807) is 18.2 Å². The predicted molar refractivity (Wildman–Crippen MR) is 66.5 cm³/mol. The molecule has 1 atom stereocenters. The summed E-state index contributed by atoms with van der Waals surface area (Å²) in [5, 5.41) is 22.5. The van der Waals surface area contributed by atoms with E-state index in [1.807, 2.05) is 6.20 Å². The minimum Gasteiger partial charge on any atom is -0.595 e. The SMILES string of the molecule is CC(=O)NCCc1c[nH]c2ccc([NH+]([O-])O)cc12. The number of hydrogen-bond donors (Lipinski definition) is 4. The van der Waals surface area contributed by atoms with Crippen molar-refractivity contribution in [3.05, 3.63) is 35.2 Å². The van der Waals surface area contributed by atoms with E-state index in [4.69, 9.17) is 5.21 Å². The molecule has 1 heterocycles. The number of rotatable bonds is 4. The number of nitrogens with one attached hydrogen (secondary N) is 3. The molecule has 0 fully saturated rings. The van der Waals surface area contributed by atoms with E-state index < -0.39 is 5.23 Å². The van der Waals surface area contributed by atoms with Crippen LogP contribution in [-0.4, -0.2) is 22.6 Å². The van der Waals surface area contributed by atoms with Crippen LogP contribution in [-0.2, 0) is 11.2 Å². The van der Waals surface area contributed by atoms with Gasteiger partial charge in [-0.1, -0.05) is 0 Å². The number of hydrogen-bond acceptors (Lipinski definition) is 3. The van der Waals surface area contributed by atoms with Gasteiger partial charge in [0, 0.05) is 42.7 Å². The molecule has 1 amide bonds. The summed E-state index contributed by atoms with van der Waals surface area (Å²) in [6.45, 7) is 2.01. The van der Waals surface area contributed by atoms with Gasteiger partial charge in [-0.2, -0.15) is 5.23 Å². The lowest BCUT2D eigenvalue weighted by molar-refractivity contribution is -0.991. The van der Waals surface area contributed by atoms with Crippen molar-refractivity contribution in [3.8, 4) is 0 Å². The molecule has 1 aromatic heterocycles. The van der Waals surface area contributed by atoms with Crippen LogP contribution in [0.5, 0.6) is 0 Å². The Kier molecular flexibility index (Phi) is 3.61. The summed E-state index contributed by atoms with van der Waals surface area (Å²) < 4.78 is 0. The van der Waals surface area contributed by atoms with Crippen molar-refractivity contribution in [2.24, 2.45) is 0 Å². The largest absolute Gasteiger partial charge is 0.595 e. The molecule has 0 radical (unpaired) electrons. The van der Waals surface area contributed by atoms with E-state index >= 15 is 0 Å². The fourth-order valence-electron chi connectivity index (χ4n) is 1.89. The maximum atomic E-state index is 10.9. The molecule has 6 nitrogen and oxygen atoms in total. The number of carbonyl (C=O) groups excluding carboxylic acids is 1. The van der Waals surface area contributed by atoms with E-state index in [9.17, 15) is 10.0 Å². The third-order valence-electron chi connectivity index (χ3n) is 2.78. The molecule has 0 spiro atoms. The molecule has 2 aromatic rings. The lowest BCUT2D eigenvalue weighted by Gasteiger charge is -2.11. The van der Waals surface area contributed by atoms with Gasteiger partial charge in [0.2, 0.25) is 5.91 Å². The number of H-pyrrole nitrogens is 1. The van der Waals surface area contributed by atoms with Crippen molar-refractivity contribution in [2.45, 2.75) is 13.3 Å². The first-order valence-electron chi connectivity index (χ1n) is 5.65. The van der Waals surface area contributed by atoms with Crippen LogP contribution in [0.2, 0.25) is 0 Å². The molecule has 96 valence electrons. The molecular weight excluding hydrogens is 234 g/mol. The second-order valence-electron chi connectivity index (χ2n) is 4.11. The number of amides is 1. The summed E-state index contributed by atoms with van der Waals surface area (Å²) in [5.41, 5.74) is 2.17. The number of carbonyl (C=O) groups is 1. The second kappa shape index (κ2) is 5.18. The number of aromatic nitrogens is 1. The molecule has 0 aliphatic heterocycles. The van der Waals surface area contributed by atoms with Crippen molar-refractivity contribution in [1.82, 2.24) is 10.3 Å². The van der Waals surface area contributed by atoms with Gasteiger partial charge < -0.3 is 15.5 Å². The second-order valence-corrected chi connectivity index (χ2v) is 4.11. The Morgan fingerprint density at radius 1 is 1.56 bits per heavy atom. The summed E-state index contributed by atoms with van der Waals surface area (Å²) in [5.74, 6) is -0.0685. The van der Waals surface area contributed by atoms with Crippen molar-refractivity contribution >= 4 is 22.5 Å². The zero-order valence-electron chi connectivity index (χ0n) is 9.99. The summed E-state index contributed by atoms with van der Waals surface area (Å²) in [6.07, 6.45) is 2.51. The van der Waals surface area contributed by atoms with Gasteiger partial charge in [0.25, 0.3) is 0 Å². The summed E-state index contributed by atoms with van der Waals surface area (Å²) in [7, 11) is 0. The third kappa shape index (κ3) is 2.67. The highest BCUT2D eigenvalue weighted by molar-refractivity contribution is 5.85. The maximum absolute atomic E-state index is 10.9. The van der Waals surface area contributed by atoms with Gasteiger partial charge >= 0.3 is 0 Å². The Morgan fingerprint density at radius 2 is 2.33 bits per heavy atom. The molecular formula is C12H15N3O3. The molecule has 6 heteroatoms.